The van der Waals surface area contributed by atoms with Crippen LogP contribution in [0.1, 0.15) is 5.82 Å². The van der Waals surface area contributed by atoms with Crippen LogP contribution >= 0.6 is 0 Å². The molecule has 0 fully saturated rings. The van der Waals surface area contributed by atoms with Crippen LogP contribution in [0.4, 0.5) is 5.82 Å². The lowest BCUT2D eigenvalue weighted by molar-refractivity contribution is 0.408. The molecule has 7 heteroatoms. The molecule has 3 aromatic rings. The molecule has 3 rings (SSSR count). The summed E-state index contributed by atoms with van der Waals surface area (Å²) in [6.07, 6.45) is 6.48. The van der Waals surface area contributed by atoms with Crippen molar-refractivity contribution in [2.24, 2.45) is 0 Å². The molecular weight excluding hydrogens is 232 g/mol. The second-order valence-electron chi connectivity index (χ2n) is 3.73. The summed E-state index contributed by atoms with van der Waals surface area (Å²) in [6, 6.07) is 3.65. The van der Waals surface area contributed by atoms with Crippen LogP contribution in [0.25, 0.3) is 11.3 Å². The van der Waals surface area contributed by atoms with E-state index >= 15 is 0 Å². The molecule has 0 aromatic carbocycles. The Hall–Kier alpha value is -2.70. The van der Waals surface area contributed by atoms with E-state index in [0.717, 1.165) is 11.3 Å². The Kier molecular flexibility index (Phi) is 2.49. The molecule has 0 amide bonds. The first-order valence-corrected chi connectivity index (χ1v) is 5.30. The van der Waals surface area contributed by atoms with Crippen LogP contribution in [0.5, 0.6) is 0 Å². The van der Waals surface area contributed by atoms with Gasteiger partial charge >= 0.3 is 0 Å². The zero-order valence-electron chi connectivity index (χ0n) is 9.39. The van der Waals surface area contributed by atoms with E-state index in [2.05, 4.69) is 20.1 Å². The maximum Gasteiger partial charge on any atom is 0.213 e. The average molecular weight is 242 g/mol. The highest BCUT2D eigenvalue weighted by molar-refractivity contribution is 5.59. The summed E-state index contributed by atoms with van der Waals surface area (Å²) in [5.41, 5.74) is 7.42. The number of aromatic nitrogens is 5. The van der Waals surface area contributed by atoms with Gasteiger partial charge in [-0.1, -0.05) is 5.16 Å². The van der Waals surface area contributed by atoms with E-state index in [1.165, 1.54) is 6.39 Å². The van der Waals surface area contributed by atoms with Crippen LogP contribution in [-0.2, 0) is 6.54 Å². The quantitative estimate of drug-likeness (QED) is 0.734. The molecule has 90 valence electrons. The number of pyridine rings is 1. The Morgan fingerprint density at radius 2 is 2.17 bits per heavy atom. The molecule has 0 aliphatic carbocycles. The van der Waals surface area contributed by atoms with Gasteiger partial charge in [0.1, 0.15) is 5.82 Å². The van der Waals surface area contributed by atoms with Gasteiger partial charge in [-0.15, -0.1) is 0 Å². The van der Waals surface area contributed by atoms with Gasteiger partial charge in [-0.05, 0) is 12.1 Å². The number of rotatable bonds is 3. The third-order valence-corrected chi connectivity index (χ3v) is 2.51. The SMILES string of the molecule is Nc1ccc(-c2cncn2Cc2ncon2)cn1. The van der Waals surface area contributed by atoms with Crippen LogP contribution in [0.2, 0.25) is 0 Å². The zero-order valence-corrected chi connectivity index (χ0v) is 9.39. The van der Waals surface area contributed by atoms with Crippen molar-refractivity contribution in [3.8, 4) is 11.3 Å². The molecule has 0 bridgehead atoms. The topological polar surface area (TPSA) is 95.7 Å². The number of nitrogens with two attached hydrogens (primary N) is 1. The lowest BCUT2D eigenvalue weighted by Crippen LogP contribution is -2.02. The number of hydrogen-bond donors (Lipinski definition) is 1. The number of imidazole rings is 1. The molecule has 3 aromatic heterocycles. The van der Waals surface area contributed by atoms with Gasteiger partial charge in [-0.25, -0.2) is 9.97 Å². The fourth-order valence-electron chi connectivity index (χ4n) is 1.66. The summed E-state index contributed by atoms with van der Waals surface area (Å²) >= 11 is 0. The highest BCUT2D eigenvalue weighted by Gasteiger charge is 2.08. The fourth-order valence-corrected chi connectivity index (χ4v) is 1.66. The third kappa shape index (κ3) is 1.93. The summed E-state index contributed by atoms with van der Waals surface area (Å²) in [5, 5.41) is 3.77. The Labute approximate surface area is 102 Å². The summed E-state index contributed by atoms with van der Waals surface area (Å²) in [5.74, 6) is 1.08. The Bertz CT molecular complexity index is 628. The van der Waals surface area contributed by atoms with E-state index in [0.29, 0.717) is 18.2 Å². The van der Waals surface area contributed by atoms with Crippen molar-refractivity contribution in [1.82, 2.24) is 24.7 Å². The van der Waals surface area contributed by atoms with Gasteiger partial charge in [-0.2, -0.15) is 4.98 Å². The minimum atomic E-state index is 0.489. The normalized spacial score (nSPS) is 10.7. The molecule has 0 unspecified atom stereocenters. The van der Waals surface area contributed by atoms with Crippen molar-refractivity contribution in [3.63, 3.8) is 0 Å². The highest BCUT2D eigenvalue weighted by Crippen LogP contribution is 2.19. The van der Waals surface area contributed by atoms with Crippen LogP contribution in [-0.4, -0.2) is 24.7 Å². The molecule has 0 atom stereocenters. The molecule has 0 saturated carbocycles. The van der Waals surface area contributed by atoms with Gasteiger partial charge < -0.3 is 14.8 Å². The number of anilines is 1. The lowest BCUT2D eigenvalue weighted by atomic mass is 10.2. The summed E-state index contributed by atoms with van der Waals surface area (Å²) in [6.45, 7) is 0.496. The maximum atomic E-state index is 5.56. The van der Waals surface area contributed by atoms with Gasteiger partial charge in [0.2, 0.25) is 6.39 Å². The first-order valence-electron chi connectivity index (χ1n) is 5.30. The van der Waals surface area contributed by atoms with E-state index in [1.54, 1.807) is 24.8 Å². The monoisotopic (exact) mass is 242 g/mol. The van der Waals surface area contributed by atoms with E-state index in [-0.39, 0.29) is 0 Å². The molecule has 0 saturated heterocycles. The molecule has 18 heavy (non-hydrogen) atoms. The summed E-state index contributed by atoms with van der Waals surface area (Å²) in [7, 11) is 0. The molecule has 3 heterocycles. The fraction of sp³-hybridized carbons (Fsp3) is 0.0909. The highest BCUT2D eigenvalue weighted by atomic mass is 16.5. The van der Waals surface area contributed by atoms with Crippen molar-refractivity contribution >= 4 is 5.82 Å². The third-order valence-electron chi connectivity index (χ3n) is 2.51. The van der Waals surface area contributed by atoms with Gasteiger partial charge in [0.15, 0.2) is 5.82 Å². The molecule has 0 spiro atoms. The van der Waals surface area contributed by atoms with Crippen LogP contribution in [0.3, 0.4) is 0 Å². The van der Waals surface area contributed by atoms with E-state index in [1.807, 2.05) is 10.6 Å². The van der Waals surface area contributed by atoms with Crippen LogP contribution in [0.15, 0.2) is 41.8 Å². The van der Waals surface area contributed by atoms with Gasteiger partial charge in [0.25, 0.3) is 0 Å². The predicted octanol–water partition coefficient (Wildman–Crippen LogP) is 0.959. The molecule has 0 aliphatic heterocycles. The van der Waals surface area contributed by atoms with Gasteiger partial charge in [-0.3, -0.25) is 0 Å². The van der Waals surface area contributed by atoms with Crippen molar-refractivity contribution < 1.29 is 4.52 Å². The molecular formula is C11H10N6O. The second-order valence-corrected chi connectivity index (χ2v) is 3.73. The van der Waals surface area contributed by atoms with Crippen molar-refractivity contribution in [2.45, 2.75) is 6.54 Å². The minimum Gasteiger partial charge on any atom is -0.384 e. The Balaban J connectivity index is 1.94. The second kappa shape index (κ2) is 4.28. The molecule has 0 radical (unpaired) electrons. The summed E-state index contributed by atoms with van der Waals surface area (Å²) < 4.78 is 6.62. The van der Waals surface area contributed by atoms with E-state index < -0.39 is 0 Å². The number of nitrogen functional groups attached to an aromatic ring is 1. The van der Waals surface area contributed by atoms with Crippen LogP contribution < -0.4 is 5.73 Å². The van der Waals surface area contributed by atoms with Crippen LogP contribution in [0, 0.1) is 0 Å². The standard InChI is InChI=1S/C11H10N6O/c12-10-2-1-8(3-14-10)9-4-13-6-17(9)5-11-15-7-18-16-11/h1-4,6-7H,5H2,(H2,12,14). The summed E-state index contributed by atoms with van der Waals surface area (Å²) in [4.78, 5) is 12.2. The maximum absolute atomic E-state index is 5.56. The largest absolute Gasteiger partial charge is 0.384 e. The van der Waals surface area contributed by atoms with Crippen molar-refractivity contribution in [2.75, 3.05) is 5.73 Å². The molecule has 0 aliphatic rings. The lowest BCUT2D eigenvalue weighted by Gasteiger charge is -2.05. The molecule has 2 N–H and O–H groups in total. The van der Waals surface area contributed by atoms with Gasteiger partial charge in [0, 0.05) is 11.8 Å². The molecule has 7 nitrogen and oxygen atoms in total. The van der Waals surface area contributed by atoms with Crippen molar-refractivity contribution in [3.05, 3.63) is 43.1 Å². The van der Waals surface area contributed by atoms with Crippen molar-refractivity contribution in [1.29, 1.82) is 0 Å². The smallest absolute Gasteiger partial charge is 0.213 e. The first kappa shape index (κ1) is 10.5. The predicted molar refractivity (Wildman–Crippen MR) is 63.3 cm³/mol. The van der Waals surface area contributed by atoms with E-state index in [4.69, 9.17) is 10.3 Å². The Morgan fingerprint density at radius 3 is 2.89 bits per heavy atom. The van der Waals surface area contributed by atoms with E-state index in [9.17, 15) is 0 Å². The zero-order chi connectivity index (χ0) is 12.4. The Morgan fingerprint density at radius 1 is 1.22 bits per heavy atom. The first-order chi connectivity index (χ1) is 8.83. The number of hydrogen-bond acceptors (Lipinski definition) is 6. The number of nitrogens with zero attached hydrogens (tertiary/aromatic N) is 5. The average Bonchev–Trinajstić information content (AvgIpc) is 3.02. The van der Waals surface area contributed by atoms with Gasteiger partial charge in [0.05, 0.1) is 24.8 Å². The minimum absolute atomic E-state index is 0.489.